The average Bonchev–Trinajstić information content (AvgIpc) is 3.29. The molecule has 1 unspecified atom stereocenters. The number of amides is 1. The van der Waals surface area contributed by atoms with E-state index in [4.69, 9.17) is 0 Å². The fourth-order valence-corrected chi connectivity index (χ4v) is 4.95. The van der Waals surface area contributed by atoms with Crippen LogP contribution in [0.5, 0.6) is 0 Å². The molecule has 6 heteroatoms. The number of nitrogens with zero attached hydrogens (tertiary/aromatic N) is 1. The Hall–Kier alpha value is -2.23. The van der Waals surface area contributed by atoms with E-state index >= 15 is 0 Å². The van der Waals surface area contributed by atoms with E-state index in [2.05, 4.69) is 11.4 Å². The summed E-state index contributed by atoms with van der Waals surface area (Å²) in [7, 11) is 0. The van der Waals surface area contributed by atoms with Crippen LogP contribution in [0.15, 0.2) is 24.3 Å². The number of halogens is 1. The van der Waals surface area contributed by atoms with Crippen LogP contribution in [0.2, 0.25) is 0 Å². The first kappa shape index (κ1) is 17.2. The van der Waals surface area contributed by atoms with Crippen LogP contribution in [0.4, 0.5) is 9.39 Å². The first-order valence-electron chi connectivity index (χ1n) is 9.07. The van der Waals surface area contributed by atoms with Gasteiger partial charge in [-0.2, -0.15) is 5.26 Å². The number of nitriles is 1. The second-order valence-electron chi connectivity index (χ2n) is 7.13. The summed E-state index contributed by atoms with van der Waals surface area (Å²) < 4.78 is 13.1. The maximum Gasteiger partial charge on any atom is 0.280 e. The van der Waals surface area contributed by atoms with E-state index < -0.39 is 0 Å². The van der Waals surface area contributed by atoms with E-state index in [0.717, 1.165) is 43.2 Å². The Morgan fingerprint density at radius 1 is 1.31 bits per heavy atom. The molecule has 2 aromatic rings. The second-order valence-corrected chi connectivity index (χ2v) is 8.24. The standard InChI is InChI=1S/C20H20FN3OS/c21-14-6-4-13(5-7-14)11-24(15-8-9-15)12-19(25)23-20-17(10-22)16-2-1-3-18(16)26-20/h4-7,15H,1-3,8-9,11-12H2,(H,23,25)/p+1. The summed E-state index contributed by atoms with van der Waals surface area (Å²) in [4.78, 5) is 15.1. The highest BCUT2D eigenvalue weighted by Gasteiger charge is 2.35. The van der Waals surface area contributed by atoms with Gasteiger partial charge in [-0.05, 0) is 37.0 Å². The van der Waals surface area contributed by atoms with Crippen molar-refractivity contribution in [1.82, 2.24) is 0 Å². The van der Waals surface area contributed by atoms with Crippen molar-refractivity contribution < 1.29 is 14.1 Å². The summed E-state index contributed by atoms with van der Waals surface area (Å²) in [6.07, 6.45) is 5.30. The Labute approximate surface area is 156 Å². The van der Waals surface area contributed by atoms with Crippen molar-refractivity contribution in [2.24, 2.45) is 0 Å². The number of carbonyl (C=O) groups is 1. The summed E-state index contributed by atoms with van der Waals surface area (Å²) in [6, 6.07) is 9.26. The van der Waals surface area contributed by atoms with Crippen LogP contribution in [0.25, 0.3) is 0 Å². The number of hydrogen-bond donors (Lipinski definition) is 2. The Morgan fingerprint density at radius 2 is 2.08 bits per heavy atom. The van der Waals surface area contributed by atoms with Crippen LogP contribution >= 0.6 is 11.3 Å². The van der Waals surface area contributed by atoms with Gasteiger partial charge in [0, 0.05) is 23.3 Å². The molecule has 2 aliphatic rings. The molecule has 1 fully saturated rings. The third kappa shape index (κ3) is 3.64. The van der Waals surface area contributed by atoms with Gasteiger partial charge in [0.05, 0.1) is 11.6 Å². The highest BCUT2D eigenvalue weighted by atomic mass is 32.1. The Kier molecular flexibility index (Phi) is 4.75. The maximum absolute atomic E-state index is 13.1. The van der Waals surface area contributed by atoms with Crippen LogP contribution in [0.3, 0.4) is 0 Å². The Bertz CT molecular complexity index is 864. The molecule has 2 N–H and O–H groups in total. The fourth-order valence-electron chi connectivity index (χ4n) is 3.69. The van der Waals surface area contributed by atoms with Crippen LogP contribution in [-0.4, -0.2) is 18.5 Å². The van der Waals surface area contributed by atoms with Crippen LogP contribution in [0.1, 0.15) is 40.8 Å². The molecule has 26 heavy (non-hydrogen) atoms. The predicted molar refractivity (Wildman–Crippen MR) is 98.6 cm³/mol. The molecular formula is C20H21FN3OS+. The molecule has 0 radical (unpaired) electrons. The lowest BCUT2D eigenvalue weighted by molar-refractivity contribution is -0.916. The Morgan fingerprint density at radius 3 is 2.77 bits per heavy atom. The minimum absolute atomic E-state index is 0.0505. The number of anilines is 1. The number of carbonyl (C=O) groups excluding carboxylic acids is 1. The van der Waals surface area contributed by atoms with Crippen molar-refractivity contribution in [3.05, 3.63) is 51.7 Å². The van der Waals surface area contributed by atoms with Gasteiger partial charge in [0.1, 0.15) is 23.4 Å². The van der Waals surface area contributed by atoms with Gasteiger partial charge in [0.25, 0.3) is 5.91 Å². The largest absolute Gasteiger partial charge is 0.321 e. The van der Waals surface area contributed by atoms with Crippen molar-refractivity contribution >= 4 is 22.2 Å². The molecule has 1 aromatic heterocycles. The zero-order valence-electron chi connectivity index (χ0n) is 14.5. The third-order valence-corrected chi connectivity index (χ3v) is 6.38. The smallest absolute Gasteiger partial charge is 0.280 e. The van der Waals surface area contributed by atoms with Gasteiger partial charge in [-0.1, -0.05) is 12.1 Å². The van der Waals surface area contributed by atoms with E-state index in [9.17, 15) is 14.4 Å². The normalized spacial score (nSPS) is 16.8. The second kappa shape index (κ2) is 7.18. The van der Waals surface area contributed by atoms with E-state index in [1.54, 1.807) is 23.5 Å². The van der Waals surface area contributed by atoms with Crippen LogP contribution < -0.4 is 10.2 Å². The number of hydrogen-bond acceptors (Lipinski definition) is 3. The first-order chi connectivity index (χ1) is 12.6. The topological polar surface area (TPSA) is 57.3 Å². The van der Waals surface area contributed by atoms with Crippen molar-refractivity contribution in [3.8, 4) is 6.07 Å². The van der Waals surface area contributed by atoms with Crippen molar-refractivity contribution in [2.45, 2.75) is 44.7 Å². The minimum Gasteiger partial charge on any atom is -0.321 e. The molecule has 1 amide bonds. The number of nitrogens with one attached hydrogen (secondary N) is 2. The van der Waals surface area contributed by atoms with Gasteiger partial charge >= 0.3 is 0 Å². The third-order valence-electron chi connectivity index (χ3n) is 5.17. The minimum atomic E-state index is -0.241. The van der Waals surface area contributed by atoms with E-state index in [1.165, 1.54) is 21.9 Å². The fraction of sp³-hybridized carbons (Fsp3) is 0.400. The zero-order chi connectivity index (χ0) is 18.1. The molecule has 1 atom stereocenters. The van der Waals surface area contributed by atoms with Crippen molar-refractivity contribution in [1.29, 1.82) is 5.26 Å². The number of aryl methyl sites for hydroxylation is 1. The number of thiophene rings is 1. The average molecular weight is 370 g/mol. The van der Waals surface area contributed by atoms with Crippen LogP contribution in [-0.2, 0) is 24.2 Å². The summed E-state index contributed by atoms with van der Waals surface area (Å²) >= 11 is 1.55. The molecule has 2 aliphatic carbocycles. The SMILES string of the molecule is N#Cc1c(NC(=O)C[NH+](Cc2ccc(F)cc2)C2CC2)sc2c1CCC2. The molecule has 0 bridgehead atoms. The van der Waals surface area contributed by atoms with Crippen molar-refractivity contribution in [2.75, 3.05) is 11.9 Å². The molecule has 134 valence electrons. The van der Waals surface area contributed by atoms with Crippen molar-refractivity contribution in [3.63, 3.8) is 0 Å². The number of fused-ring (bicyclic) bond motifs is 1. The van der Waals surface area contributed by atoms with Crippen LogP contribution in [0, 0.1) is 17.1 Å². The first-order valence-corrected chi connectivity index (χ1v) is 9.89. The zero-order valence-corrected chi connectivity index (χ0v) is 15.3. The summed E-state index contributed by atoms with van der Waals surface area (Å²) in [5.74, 6) is -0.292. The molecule has 4 nitrogen and oxygen atoms in total. The number of quaternary nitrogens is 1. The summed E-state index contributed by atoms with van der Waals surface area (Å²) in [5, 5.41) is 13.1. The molecule has 0 spiro atoms. The quantitative estimate of drug-likeness (QED) is 0.821. The Balaban J connectivity index is 1.43. The van der Waals surface area contributed by atoms with E-state index in [-0.39, 0.29) is 11.7 Å². The highest BCUT2D eigenvalue weighted by Crippen LogP contribution is 2.38. The lowest BCUT2D eigenvalue weighted by Gasteiger charge is -2.18. The maximum atomic E-state index is 13.1. The number of benzene rings is 1. The van der Waals surface area contributed by atoms with Gasteiger partial charge < -0.3 is 10.2 Å². The van der Waals surface area contributed by atoms with Gasteiger partial charge in [0.2, 0.25) is 0 Å². The van der Waals surface area contributed by atoms with E-state index in [0.29, 0.717) is 29.7 Å². The summed E-state index contributed by atoms with van der Waals surface area (Å²) in [5.41, 5.74) is 2.82. The summed E-state index contributed by atoms with van der Waals surface area (Å²) in [6.45, 7) is 1.08. The van der Waals surface area contributed by atoms with Gasteiger partial charge in [0.15, 0.2) is 6.54 Å². The molecule has 1 heterocycles. The van der Waals surface area contributed by atoms with Gasteiger partial charge in [-0.15, -0.1) is 11.3 Å². The number of rotatable bonds is 6. The molecule has 4 rings (SSSR count). The predicted octanol–water partition coefficient (Wildman–Crippen LogP) is 2.43. The lowest BCUT2D eigenvalue weighted by Crippen LogP contribution is -3.13. The van der Waals surface area contributed by atoms with Gasteiger partial charge in [-0.3, -0.25) is 4.79 Å². The van der Waals surface area contributed by atoms with E-state index in [1.807, 2.05) is 0 Å². The highest BCUT2D eigenvalue weighted by molar-refractivity contribution is 7.16. The molecule has 0 saturated heterocycles. The molecular weight excluding hydrogens is 349 g/mol. The molecule has 0 aliphatic heterocycles. The molecule has 1 saturated carbocycles. The monoisotopic (exact) mass is 370 g/mol. The lowest BCUT2D eigenvalue weighted by atomic mass is 10.1. The van der Waals surface area contributed by atoms with Gasteiger partial charge in [-0.25, -0.2) is 4.39 Å². The molecule has 1 aromatic carbocycles.